The minimum Gasteiger partial charge on any atom is -0.345 e. The maximum Gasteiger partial charge on any atom is 0.254 e. The molecule has 1 fully saturated rings. The van der Waals surface area contributed by atoms with E-state index in [-0.39, 0.29) is 35.0 Å². The van der Waals surface area contributed by atoms with Gasteiger partial charge in [-0.25, -0.2) is 8.42 Å². The summed E-state index contributed by atoms with van der Waals surface area (Å²) in [6, 6.07) is 9.01. The average molecular weight is 436 g/mol. The molecular weight excluding hydrogens is 410 g/mol. The summed E-state index contributed by atoms with van der Waals surface area (Å²) in [5.41, 5.74) is 2.23. The normalized spacial score (nSPS) is 15.8. The van der Waals surface area contributed by atoms with Crippen molar-refractivity contribution in [2.45, 2.75) is 24.0 Å². The van der Waals surface area contributed by atoms with Crippen LogP contribution in [0.4, 0.5) is 5.69 Å². The molecule has 0 unspecified atom stereocenters. The van der Waals surface area contributed by atoms with Gasteiger partial charge in [0, 0.05) is 44.2 Å². The third-order valence-electron chi connectivity index (χ3n) is 4.97. The number of benzene rings is 1. The minimum absolute atomic E-state index is 0.0825. The van der Waals surface area contributed by atoms with Crippen LogP contribution in [0.2, 0.25) is 0 Å². The van der Waals surface area contributed by atoms with E-state index in [1.165, 1.54) is 15.3 Å². The van der Waals surface area contributed by atoms with Gasteiger partial charge in [-0.15, -0.1) is 11.3 Å². The monoisotopic (exact) mass is 435 g/mol. The van der Waals surface area contributed by atoms with Crippen molar-refractivity contribution >= 4 is 38.9 Å². The molecule has 1 aromatic heterocycles. The summed E-state index contributed by atoms with van der Waals surface area (Å²) in [5, 5.41) is 4.47. The molecule has 0 saturated carbocycles. The fourth-order valence-corrected chi connectivity index (χ4v) is 5.96. The van der Waals surface area contributed by atoms with Crippen molar-refractivity contribution < 1.29 is 18.0 Å². The van der Waals surface area contributed by atoms with E-state index in [0.717, 1.165) is 22.6 Å². The highest BCUT2D eigenvalue weighted by molar-refractivity contribution is 7.91. The summed E-state index contributed by atoms with van der Waals surface area (Å²) in [6.45, 7) is 2.54. The van der Waals surface area contributed by atoms with E-state index in [0.29, 0.717) is 18.4 Å². The Labute approximate surface area is 175 Å². The number of sulfonamides is 1. The van der Waals surface area contributed by atoms with Gasteiger partial charge in [0.2, 0.25) is 5.91 Å². The highest BCUT2D eigenvalue weighted by atomic mass is 32.2. The van der Waals surface area contributed by atoms with Crippen molar-refractivity contribution in [2.24, 2.45) is 5.92 Å². The van der Waals surface area contributed by atoms with Gasteiger partial charge in [-0.2, -0.15) is 4.31 Å². The number of carbonyl (C=O) groups excluding carboxylic acids is 2. The summed E-state index contributed by atoms with van der Waals surface area (Å²) in [6.07, 6.45) is 0.928. The first kappa shape index (κ1) is 21.5. The van der Waals surface area contributed by atoms with Gasteiger partial charge >= 0.3 is 0 Å². The molecule has 0 bridgehead atoms. The molecular formula is C20H25N3O4S2. The predicted octanol–water partition coefficient (Wildman–Crippen LogP) is 2.80. The van der Waals surface area contributed by atoms with Gasteiger partial charge in [0.1, 0.15) is 4.21 Å². The summed E-state index contributed by atoms with van der Waals surface area (Å²) in [7, 11) is -0.413. The maximum atomic E-state index is 12.9. The van der Waals surface area contributed by atoms with Crippen molar-refractivity contribution in [3.05, 3.63) is 46.8 Å². The molecule has 29 heavy (non-hydrogen) atoms. The molecule has 2 amide bonds. The van der Waals surface area contributed by atoms with Crippen LogP contribution in [0.15, 0.2) is 39.9 Å². The number of anilines is 1. The molecule has 2 heterocycles. The van der Waals surface area contributed by atoms with E-state index in [2.05, 4.69) is 5.32 Å². The first-order valence-corrected chi connectivity index (χ1v) is 11.7. The molecule has 1 aliphatic heterocycles. The average Bonchev–Trinajstić information content (AvgIpc) is 3.20. The predicted molar refractivity (Wildman–Crippen MR) is 114 cm³/mol. The number of aryl methyl sites for hydroxylation is 1. The summed E-state index contributed by atoms with van der Waals surface area (Å²) < 4.78 is 27.4. The number of carbonyl (C=O) groups is 2. The van der Waals surface area contributed by atoms with E-state index in [4.69, 9.17) is 0 Å². The number of nitrogens with zero attached hydrogens (tertiary/aromatic N) is 2. The Morgan fingerprint density at radius 2 is 1.76 bits per heavy atom. The second kappa shape index (κ2) is 8.64. The Balaban J connectivity index is 1.61. The van der Waals surface area contributed by atoms with Crippen LogP contribution in [0.3, 0.4) is 0 Å². The van der Waals surface area contributed by atoms with Crippen molar-refractivity contribution in [1.29, 1.82) is 0 Å². The molecule has 1 aliphatic rings. The topological polar surface area (TPSA) is 86.8 Å². The van der Waals surface area contributed by atoms with Crippen LogP contribution in [0.1, 0.15) is 28.8 Å². The molecule has 1 N–H and O–H groups in total. The largest absolute Gasteiger partial charge is 0.345 e. The third-order valence-corrected chi connectivity index (χ3v) is 8.28. The van der Waals surface area contributed by atoms with Crippen molar-refractivity contribution in [3.8, 4) is 0 Å². The molecule has 156 valence electrons. The zero-order valence-corrected chi connectivity index (χ0v) is 18.3. The van der Waals surface area contributed by atoms with Crippen LogP contribution in [0, 0.1) is 12.8 Å². The van der Waals surface area contributed by atoms with Crippen molar-refractivity contribution in [3.63, 3.8) is 0 Å². The van der Waals surface area contributed by atoms with Gasteiger partial charge < -0.3 is 10.2 Å². The molecule has 0 atom stereocenters. The zero-order chi connectivity index (χ0) is 21.2. The summed E-state index contributed by atoms with van der Waals surface area (Å²) in [5.74, 6) is -0.535. The number of hydrogen-bond acceptors (Lipinski definition) is 5. The zero-order valence-electron chi connectivity index (χ0n) is 16.7. The molecule has 1 saturated heterocycles. The van der Waals surface area contributed by atoms with E-state index < -0.39 is 10.0 Å². The number of rotatable bonds is 5. The van der Waals surface area contributed by atoms with Gasteiger partial charge in [0.15, 0.2) is 0 Å². The standard InChI is InChI=1S/C20H25N3O4S2/c1-14-4-6-17(7-5-14)21-19(24)15-8-10-23(11-9-15)29(26,27)18-12-16(13-28-18)20(25)22(2)3/h4-7,12-13,15H,8-11H2,1-3H3,(H,21,24). The van der Waals surface area contributed by atoms with Crippen molar-refractivity contribution in [1.82, 2.24) is 9.21 Å². The van der Waals surface area contributed by atoms with E-state index in [1.54, 1.807) is 19.5 Å². The lowest BCUT2D eigenvalue weighted by atomic mass is 9.97. The smallest absolute Gasteiger partial charge is 0.254 e. The molecule has 0 radical (unpaired) electrons. The number of hydrogen-bond donors (Lipinski definition) is 1. The van der Waals surface area contributed by atoms with E-state index >= 15 is 0 Å². The second-order valence-corrected chi connectivity index (χ2v) is 10.5. The van der Waals surface area contributed by atoms with Crippen LogP contribution in [0.5, 0.6) is 0 Å². The molecule has 2 aromatic rings. The Hall–Kier alpha value is -2.23. The van der Waals surface area contributed by atoms with E-state index in [9.17, 15) is 18.0 Å². The van der Waals surface area contributed by atoms with Crippen LogP contribution in [-0.4, -0.2) is 56.6 Å². The fourth-order valence-electron chi connectivity index (χ4n) is 3.19. The van der Waals surface area contributed by atoms with Gasteiger partial charge in [-0.3, -0.25) is 9.59 Å². The quantitative estimate of drug-likeness (QED) is 0.782. The molecule has 1 aromatic carbocycles. The van der Waals surface area contributed by atoms with Gasteiger partial charge in [-0.05, 0) is 38.0 Å². The fraction of sp³-hybridized carbons (Fsp3) is 0.400. The first-order valence-electron chi connectivity index (χ1n) is 9.36. The second-order valence-electron chi connectivity index (χ2n) is 7.39. The van der Waals surface area contributed by atoms with Gasteiger partial charge in [0.25, 0.3) is 15.9 Å². The minimum atomic E-state index is -3.66. The molecule has 9 heteroatoms. The summed E-state index contributed by atoms with van der Waals surface area (Å²) >= 11 is 1.05. The lowest BCUT2D eigenvalue weighted by molar-refractivity contribution is -0.120. The Morgan fingerprint density at radius 3 is 2.34 bits per heavy atom. The Kier molecular flexibility index (Phi) is 6.40. The van der Waals surface area contributed by atoms with Crippen LogP contribution >= 0.6 is 11.3 Å². The Morgan fingerprint density at radius 1 is 1.14 bits per heavy atom. The van der Waals surface area contributed by atoms with Crippen LogP contribution < -0.4 is 5.32 Å². The number of amides is 2. The maximum absolute atomic E-state index is 12.9. The highest BCUT2D eigenvalue weighted by Gasteiger charge is 2.33. The lowest BCUT2D eigenvalue weighted by Crippen LogP contribution is -2.41. The van der Waals surface area contributed by atoms with Crippen molar-refractivity contribution in [2.75, 3.05) is 32.5 Å². The summed E-state index contributed by atoms with van der Waals surface area (Å²) in [4.78, 5) is 25.9. The van der Waals surface area contributed by atoms with Crippen LogP contribution in [-0.2, 0) is 14.8 Å². The lowest BCUT2D eigenvalue weighted by Gasteiger charge is -2.30. The van der Waals surface area contributed by atoms with E-state index in [1.807, 2.05) is 31.2 Å². The molecule has 3 rings (SSSR count). The van der Waals surface area contributed by atoms with Crippen LogP contribution in [0.25, 0.3) is 0 Å². The number of thiophene rings is 1. The highest BCUT2D eigenvalue weighted by Crippen LogP contribution is 2.28. The third kappa shape index (κ3) is 4.85. The first-order chi connectivity index (χ1) is 13.7. The molecule has 0 aliphatic carbocycles. The van der Waals surface area contributed by atoms with Gasteiger partial charge in [-0.1, -0.05) is 17.7 Å². The molecule has 7 nitrogen and oxygen atoms in total. The number of nitrogens with one attached hydrogen (secondary N) is 1. The SMILES string of the molecule is Cc1ccc(NC(=O)C2CCN(S(=O)(=O)c3cc(C(=O)N(C)C)cs3)CC2)cc1. The Bertz CT molecular complexity index is 989. The van der Waals surface area contributed by atoms with Gasteiger partial charge in [0.05, 0.1) is 5.56 Å². The molecule has 0 spiro atoms. The number of piperidine rings is 1.